The topological polar surface area (TPSA) is 101 Å². The van der Waals surface area contributed by atoms with Gasteiger partial charge >= 0.3 is 0 Å². The Morgan fingerprint density at radius 3 is 2.81 bits per heavy atom. The van der Waals surface area contributed by atoms with E-state index in [1.54, 1.807) is 25.3 Å². The molecule has 0 aliphatic rings. The first kappa shape index (κ1) is 14.4. The number of nitrogens with zero attached hydrogens (tertiary/aromatic N) is 2. The predicted molar refractivity (Wildman–Crippen MR) is 75.8 cm³/mol. The van der Waals surface area contributed by atoms with Gasteiger partial charge in [0.2, 0.25) is 0 Å². The molecule has 0 saturated heterocycles. The van der Waals surface area contributed by atoms with Crippen molar-refractivity contribution in [2.45, 2.75) is 6.92 Å². The zero-order valence-corrected chi connectivity index (χ0v) is 11.2. The molecule has 0 unspecified atom stereocenters. The zero-order valence-electron chi connectivity index (χ0n) is 11.2. The molecule has 0 aliphatic heterocycles. The molecule has 2 aromatic rings. The van der Waals surface area contributed by atoms with Gasteiger partial charge in [-0.2, -0.15) is 0 Å². The number of carbonyl (C=O) groups excluding carboxylic acids is 1. The first-order valence-corrected chi connectivity index (χ1v) is 6.03. The van der Waals surface area contributed by atoms with Crippen LogP contribution in [0.15, 0.2) is 41.7 Å². The van der Waals surface area contributed by atoms with E-state index in [0.29, 0.717) is 11.3 Å². The summed E-state index contributed by atoms with van der Waals surface area (Å²) in [6, 6.07) is 6.83. The van der Waals surface area contributed by atoms with Gasteiger partial charge in [0.15, 0.2) is 5.84 Å². The number of rotatable bonds is 3. The van der Waals surface area contributed by atoms with E-state index in [4.69, 9.17) is 10.9 Å². The molecule has 7 heteroatoms. The van der Waals surface area contributed by atoms with Crippen molar-refractivity contribution < 1.29 is 14.4 Å². The number of halogens is 1. The highest BCUT2D eigenvalue weighted by Crippen LogP contribution is 2.18. The maximum atomic E-state index is 13.3. The Morgan fingerprint density at radius 1 is 1.38 bits per heavy atom. The number of hydrogen-bond acceptors (Lipinski definition) is 4. The Hall–Kier alpha value is -2.96. The minimum atomic E-state index is -0.563. The molecular formula is C14H13FN4O2. The second kappa shape index (κ2) is 6.00. The van der Waals surface area contributed by atoms with Gasteiger partial charge in [-0.3, -0.25) is 9.78 Å². The van der Waals surface area contributed by atoms with Gasteiger partial charge in [-0.15, -0.1) is 0 Å². The van der Waals surface area contributed by atoms with Crippen molar-refractivity contribution in [1.82, 2.24) is 4.98 Å². The van der Waals surface area contributed by atoms with Gasteiger partial charge in [-0.25, -0.2) is 4.39 Å². The Morgan fingerprint density at radius 2 is 2.14 bits per heavy atom. The molecule has 0 atom stereocenters. The molecule has 108 valence electrons. The minimum Gasteiger partial charge on any atom is -0.409 e. The SMILES string of the molecule is Cc1ncccc1C(=O)Nc1ccc(F)cc1/C(N)=N/O. The predicted octanol–water partition coefficient (Wildman–Crippen LogP) is 1.88. The van der Waals surface area contributed by atoms with Crippen LogP contribution in [0.5, 0.6) is 0 Å². The summed E-state index contributed by atoms with van der Waals surface area (Å²) in [5, 5.41) is 14.1. The fourth-order valence-corrected chi connectivity index (χ4v) is 1.81. The molecule has 1 aromatic carbocycles. The number of nitrogens with one attached hydrogen (secondary N) is 1. The highest BCUT2D eigenvalue weighted by molar-refractivity contribution is 6.10. The van der Waals surface area contributed by atoms with E-state index >= 15 is 0 Å². The highest BCUT2D eigenvalue weighted by atomic mass is 19.1. The number of aromatic nitrogens is 1. The number of amides is 1. The number of aryl methyl sites for hydroxylation is 1. The lowest BCUT2D eigenvalue weighted by atomic mass is 10.1. The minimum absolute atomic E-state index is 0.0902. The van der Waals surface area contributed by atoms with Crippen molar-refractivity contribution in [2.24, 2.45) is 10.9 Å². The fraction of sp³-hybridized carbons (Fsp3) is 0.0714. The van der Waals surface area contributed by atoms with Crippen LogP contribution < -0.4 is 11.1 Å². The average Bonchev–Trinajstić information content (AvgIpc) is 2.48. The van der Waals surface area contributed by atoms with Crippen molar-refractivity contribution >= 4 is 17.4 Å². The van der Waals surface area contributed by atoms with Crippen LogP contribution in [0, 0.1) is 12.7 Å². The largest absolute Gasteiger partial charge is 0.409 e. The number of nitrogens with two attached hydrogens (primary N) is 1. The molecule has 1 aromatic heterocycles. The molecule has 0 fully saturated rings. The van der Waals surface area contributed by atoms with Crippen molar-refractivity contribution in [3.05, 3.63) is 59.2 Å². The highest BCUT2D eigenvalue weighted by Gasteiger charge is 2.14. The second-order valence-electron chi connectivity index (χ2n) is 4.27. The molecule has 0 aliphatic carbocycles. The molecule has 2 rings (SSSR count). The molecule has 21 heavy (non-hydrogen) atoms. The number of carbonyl (C=O) groups is 1. The monoisotopic (exact) mass is 288 g/mol. The lowest BCUT2D eigenvalue weighted by Gasteiger charge is -2.11. The smallest absolute Gasteiger partial charge is 0.257 e. The maximum Gasteiger partial charge on any atom is 0.257 e. The van der Waals surface area contributed by atoms with Crippen LogP contribution in [-0.4, -0.2) is 21.9 Å². The van der Waals surface area contributed by atoms with Gasteiger partial charge in [-0.1, -0.05) is 5.16 Å². The number of pyridine rings is 1. The Kier molecular flexibility index (Phi) is 4.13. The summed E-state index contributed by atoms with van der Waals surface area (Å²) < 4.78 is 13.3. The number of oxime groups is 1. The van der Waals surface area contributed by atoms with Crippen LogP contribution in [0.3, 0.4) is 0 Å². The third-order valence-corrected chi connectivity index (χ3v) is 2.87. The normalized spacial score (nSPS) is 11.2. The first-order chi connectivity index (χ1) is 10.0. The van der Waals surface area contributed by atoms with E-state index in [1.165, 1.54) is 12.1 Å². The molecule has 0 spiro atoms. The van der Waals surface area contributed by atoms with Crippen molar-refractivity contribution in [1.29, 1.82) is 0 Å². The van der Waals surface area contributed by atoms with Gasteiger partial charge in [0.1, 0.15) is 5.82 Å². The van der Waals surface area contributed by atoms with E-state index in [1.807, 2.05) is 0 Å². The van der Waals surface area contributed by atoms with Gasteiger partial charge in [0.05, 0.1) is 11.3 Å². The summed E-state index contributed by atoms with van der Waals surface area (Å²) in [6.07, 6.45) is 1.58. The number of amidine groups is 1. The zero-order chi connectivity index (χ0) is 15.4. The molecule has 4 N–H and O–H groups in total. The third kappa shape index (κ3) is 3.14. The molecular weight excluding hydrogens is 275 g/mol. The van der Waals surface area contributed by atoms with Gasteiger partial charge in [-0.05, 0) is 37.3 Å². The Bertz CT molecular complexity index is 716. The lowest BCUT2D eigenvalue weighted by molar-refractivity contribution is 0.102. The quantitative estimate of drug-likeness (QED) is 0.347. The van der Waals surface area contributed by atoms with E-state index < -0.39 is 11.7 Å². The second-order valence-corrected chi connectivity index (χ2v) is 4.27. The fourth-order valence-electron chi connectivity index (χ4n) is 1.81. The number of hydrogen-bond donors (Lipinski definition) is 3. The van der Waals surface area contributed by atoms with Gasteiger partial charge in [0, 0.05) is 17.5 Å². The first-order valence-electron chi connectivity index (χ1n) is 6.03. The third-order valence-electron chi connectivity index (χ3n) is 2.87. The van der Waals surface area contributed by atoms with E-state index in [2.05, 4.69) is 15.5 Å². The summed E-state index contributed by atoms with van der Waals surface area (Å²) in [5.74, 6) is -1.28. The summed E-state index contributed by atoms with van der Waals surface area (Å²) in [5.41, 5.74) is 6.74. The summed E-state index contributed by atoms with van der Waals surface area (Å²) in [7, 11) is 0. The van der Waals surface area contributed by atoms with Crippen LogP contribution in [0.4, 0.5) is 10.1 Å². The van der Waals surface area contributed by atoms with Crippen LogP contribution in [-0.2, 0) is 0 Å². The average molecular weight is 288 g/mol. The maximum absolute atomic E-state index is 13.3. The molecule has 1 heterocycles. The Labute approximate surface area is 120 Å². The lowest BCUT2D eigenvalue weighted by Crippen LogP contribution is -2.20. The van der Waals surface area contributed by atoms with Gasteiger partial charge in [0.25, 0.3) is 5.91 Å². The molecule has 6 nitrogen and oxygen atoms in total. The standard InChI is InChI=1S/C14H13FN4O2/c1-8-10(3-2-6-17-8)14(20)18-12-5-4-9(15)7-11(12)13(16)19-21/h2-7,21H,1H3,(H2,16,19)(H,18,20). The molecule has 0 saturated carbocycles. The molecule has 0 bridgehead atoms. The molecule has 1 amide bonds. The van der Waals surface area contributed by atoms with Crippen molar-refractivity contribution in [3.8, 4) is 0 Å². The number of anilines is 1. The van der Waals surface area contributed by atoms with E-state index in [-0.39, 0.29) is 17.1 Å². The van der Waals surface area contributed by atoms with Crippen LogP contribution in [0.1, 0.15) is 21.6 Å². The Balaban J connectivity index is 2.36. The van der Waals surface area contributed by atoms with E-state index in [9.17, 15) is 9.18 Å². The van der Waals surface area contributed by atoms with Gasteiger partial charge < -0.3 is 16.3 Å². The number of benzene rings is 1. The summed E-state index contributed by atoms with van der Waals surface area (Å²) in [4.78, 5) is 16.2. The summed E-state index contributed by atoms with van der Waals surface area (Å²) >= 11 is 0. The summed E-state index contributed by atoms with van der Waals surface area (Å²) in [6.45, 7) is 1.70. The van der Waals surface area contributed by atoms with Crippen molar-refractivity contribution in [3.63, 3.8) is 0 Å². The van der Waals surface area contributed by atoms with Crippen molar-refractivity contribution in [2.75, 3.05) is 5.32 Å². The van der Waals surface area contributed by atoms with Crippen LogP contribution in [0.2, 0.25) is 0 Å². The van der Waals surface area contributed by atoms with Crippen LogP contribution >= 0.6 is 0 Å². The molecule has 0 radical (unpaired) electrons. The van der Waals surface area contributed by atoms with E-state index in [0.717, 1.165) is 6.07 Å². The van der Waals surface area contributed by atoms with Crippen LogP contribution in [0.25, 0.3) is 0 Å².